The molecule has 1 aliphatic rings. The van der Waals surface area contributed by atoms with Gasteiger partial charge in [-0.25, -0.2) is 0 Å². The number of nitrogens with zero attached hydrogens (tertiary/aromatic N) is 1. The molecule has 2 heteroatoms. The van der Waals surface area contributed by atoms with Gasteiger partial charge < -0.3 is 5.32 Å². The number of piperazine rings is 1. The summed E-state index contributed by atoms with van der Waals surface area (Å²) >= 11 is 0. The Labute approximate surface area is 75.6 Å². The molecule has 0 spiro atoms. The lowest BCUT2D eigenvalue weighted by atomic mass is 9.94. The molecule has 0 radical (unpaired) electrons. The Kier molecular flexibility index (Phi) is 2.47. The second kappa shape index (κ2) is 3.09. The summed E-state index contributed by atoms with van der Waals surface area (Å²) in [5, 5.41) is 3.32. The molecule has 0 unspecified atom stereocenters. The highest BCUT2D eigenvalue weighted by Crippen LogP contribution is 2.25. The molecule has 0 amide bonds. The number of hydrogen-bond acceptors (Lipinski definition) is 2. The van der Waals surface area contributed by atoms with Gasteiger partial charge in [0.15, 0.2) is 0 Å². The van der Waals surface area contributed by atoms with Crippen LogP contribution in [0.4, 0.5) is 0 Å². The average Bonchev–Trinajstić information content (AvgIpc) is 1.94. The molecule has 0 bridgehead atoms. The van der Waals surface area contributed by atoms with E-state index < -0.39 is 0 Å². The van der Waals surface area contributed by atoms with Crippen LogP contribution >= 0.6 is 0 Å². The van der Waals surface area contributed by atoms with Crippen molar-refractivity contribution in [3.05, 3.63) is 12.3 Å². The third-order valence-corrected chi connectivity index (χ3v) is 2.77. The van der Waals surface area contributed by atoms with Crippen LogP contribution in [0.5, 0.6) is 0 Å². The van der Waals surface area contributed by atoms with Crippen molar-refractivity contribution in [3.8, 4) is 0 Å². The summed E-state index contributed by atoms with van der Waals surface area (Å²) < 4.78 is 0. The first kappa shape index (κ1) is 9.59. The van der Waals surface area contributed by atoms with Crippen molar-refractivity contribution >= 4 is 0 Å². The lowest BCUT2D eigenvalue weighted by molar-refractivity contribution is 0.0881. The zero-order valence-corrected chi connectivity index (χ0v) is 8.65. The molecule has 0 aromatic heterocycles. The highest BCUT2D eigenvalue weighted by Gasteiger charge is 2.34. The van der Waals surface area contributed by atoms with Gasteiger partial charge in [-0.1, -0.05) is 6.58 Å². The van der Waals surface area contributed by atoms with Gasteiger partial charge in [-0.15, -0.1) is 0 Å². The highest BCUT2D eigenvalue weighted by atomic mass is 15.3. The van der Waals surface area contributed by atoms with E-state index in [0.29, 0.717) is 6.04 Å². The topological polar surface area (TPSA) is 15.3 Å². The summed E-state index contributed by atoms with van der Waals surface area (Å²) in [4.78, 5) is 2.48. The fraction of sp³-hybridized carbons (Fsp3) is 0.800. The maximum absolute atomic E-state index is 4.05. The van der Waals surface area contributed by atoms with Crippen LogP contribution in [0.2, 0.25) is 0 Å². The van der Waals surface area contributed by atoms with Gasteiger partial charge in [0.25, 0.3) is 0 Å². The van der Waals surface area contributed by atoms with E-state index in [1.165, 1.54) is 0 Å². The molecule has 1 heterocycles. The van der Waals surface area contributed by atoms with E-state index >= 15 is 0 Å². The zero-order chi connectivity index (χ0) is 9.35. The molecule has 2 nitrogen and oxygen atoms in total. The first-order valence-electron chi connectivity index (χ1n) is 4.66. The number of hydrogen-bond donors (Lipinski definition) is 1. The maximum atomic E-state index is 4.05. The molecule has 1 aliphatic heterocycles. The summed E-state index contributed by atoms with van der Waals surface area (Å²) in [7, 11) is 0. The summed E-state index contributed by atoms with van der Waals surface area (Å²) in [6.07, 6.45) is 0. The van der Waals surface area contributed by atoms with Gasteiger partial charge in [0.2, 0.25) is 0 Å². The Balaban J connectivity index is 2.79. The summed E-state index contributed by atoms with van der Waals surface area (Å²) in [5.74, 6) is 0. The fourth-order valence-electron chi connectivity index (χ4n) is 1.90. The normalized spacial score (nSPS) is 24.2. The SMILES string of the molecule is C=C1NCCN(C(C)C)C1(C)C. The minimum Gasteiger partial charge on any atom is -0.386 e. The first-order valence-corrected chi connectivity index (χ1v) is 4.66. The number of nitrogens with one attached hydrogen (secondary N) is 1. The molecule has 1 rings (SSSR count). The van der Waals surface area contributed by atoms with Crippen molar-refractivity contribution in [1.29, 1.82) is 0 Å². The highest BCUT2D eigenvalue weighted by molar-refractivity contribution is 5.15. The monoisotopic (exact) mass is 168 g/mol. The minimum absolute atomic E-state index is 0.104. The Morgan fingerprint density at radius 1 is 1.50 bits per heavy atom. The van der Waals surface area contributed by atoms with Crippen LogP contribution in [-0.2, 0) is 0 Å². The lowest BCUT2D eigenvalue weighted by Crippen LogP contribution is -2.58. The third kappa shape index (κ3) is 1.48. The molecule has 0 aliphatic carbocycles. The van der Waals surface area contributed by atoms with E-state index in [1.807, 2.05) is 0 Å². The van der Waals surface area contributed by atoms with E-state index in [1.54, 1.807) is 0 Å². The lowest BCUT2D eigenvalue weighted by Gasteiger charge is -2.46. The molecule has 0 saturated carbocycles. The molecule has 0 aromatic rings. The van der Waals surface area contributed by atoms with Crippen LogP contribution in [0.25, 0.3) is 0 Å². The molecule has 0 aromatic carbocycles. The molecule has 1 N–H and O–H groups in total. The predicted molar refractivity (Wildman–Crippen MR) is 53.1 cm³/mol. The van der Waals surface area contributed by atoms with Crippen molar-refractivity contribution in [2.24, 2.45) is 0 Å². The van der Waals surface area contributed by atoms with Crippen LogP contribution in [0, 0.1) is 0 Å². The molecular weight excluding hydrogens is 148 g/mol. The standard InChI is InChI=1S/C10H20N2/c1-8(2)12-7-6-11-9(3)10(12,4)5/h8,11H,3,6-7H2,1-2,4-5H3. The Bertz CT molecular complexity index is 182. The van der Waals surface area contributed by atoms with Crippen molar-refractivity contribution in [3.63, 3.8) is 0 Å². The molecule has 12 heavy (non-hydrogen) atoms. The van der Waals surface area contributed by atoms with Gasteiger partial charge in [0.05, 0.1) is 5.54 Å². The van der Waals surface area contributed by atoms with E-state index in [2.05, 4.69) is 44.5 Å². The van der Waals surface area contributed by atoms with Crippen molar-refractivity contribution < 1.29 is 0 Å². The van der Waals surface area contributed by atoms with Crippen LogP contribution in [-0.4, -0.2) is 29.6 Å². The molecular formula is C10H20N2. The van der Waals surface area contributed by atoms with Crippen molar-refractivity contribution in [1.82, 2.24) is 10.2 Å². The first-order chi connectivity index (χ1) is 5.46. The second-order valence-corrected chi connectivity index (χ2v) is 4.25. The van der Waals surface area contributed by atoms with Crippen LogP contribution in [0.1, 0.15) is 27.7 Å². The van der Waals surface area contributed by atoms with E-state index in [-0.39, 0.29) is 5.54 Å². The summed E-state index contributed by atoms with van der Waals surface area (Å²) in [6, 6.07) is 0.596. The predicted octanol–water partition coefficient (Wildman–Crippen LogP) is 1.59. The Hall–Kier alpha value is -0.500. The Morgan fingerprint density at radius 2 is 2.08 bits per heavy atom. The summed E-state index contributed by atoms with van der Waals surface area (Å²) in [6.45, 7) is 15.1. The smallest absolute Gasteiger partial charge is 0.0548 e. The minimum atomic E-state index is 0.104. The molecule has 70 valence electrons. The van der Waals surface area contributed by atoms with Gasteiger partial charge >= 0.3 is 0 Å². The van der Waals surface area contributed by atoms with Crippen LogP contribution in [0.3, 0.4) is 0 Å². The zero-order valence-electron chi connectivity index (χ0n) is 8.65. The largest absolute Gasteiger partial charge is 0.386 e. The average molecular weight is 168 g/mol. The van der Waals surface area contributed by atoms with Gasteiger partial charge in [0.1, 0.15) is 0 Å². The third-order valence-electron chi connectivity index (χ3n) is 2.77. The number of rotatable bonds is 1. The maximum Gasteiger partial charge on any atom is 0.0548 e. The Morgan fingerprint density at radius 3 is 2.50 bits per heavy atom. The van der Waals surface area contributed by atoms with Gasteiger partial charge in [0, 0.05) is 24.8 Å². The van der Waals surface area contributed by atoms with Gasteiger partial charge in [-0.3, -0.25) is 4.90 Å². The van der Waals surface area contributed by atoms with Crippen molar-refractivity contribution in [2.75, 3.05) is 13.1 Å². The fourth-order valence-corrected chi connectivity index (χ4v) is 1.90. The van der Waals surface area contributed by atoms with Crippen LogP contribution < -0.4 is 5.32 Å². The molecule has 0 atom stereocenters. The van der Waals surface area contributed by atoms with Gasteiger partial charge in [-0.2, -0.15) is 0 Å². The van der Waals surface area contributed by atoms with E-state index in [0.717, 1.165) is 18.8 Å². The van der Waals surface area contributed by atoms with E-state index in [9.17, 15) is 0 Å². The van der Waals surface area contributed by atoms with E-state index in [4.69, 9.17) is 0 Å². The molecule has 1 fully saturated rings. The molecule has 1 saturated heterocycles. The second-order valence-electron chi connectivity index (χ2n) is 4.25. The quantitative estimate of drug-likeness (QED) is 0.639. The summed E-state index contributed by atoms with van der Waals surface area (Å²) in [5.41, 5.74) is 1.24. The van der Waals surface area contributed by atoms with Crippen LogP contribution in [0.15, 0.2) is 12.3 Å². The van der Waals surface area contributed by atoms with Crippen molar-refractivity contribution in [2.45, 2.75) is 39.3 Å². The van der Waals surface area contributed by atoms with Gasteiger partial charge in [-0.05, 0) is 27.7 Å².